The Morgan fingerprint density at radius 1 is 0.841 bits per heavy atom. The molecule has 240 valence electrons. The molecular formula is C34H51N7O3. The lowest BCUT2D eigenvalue weighted by atomic mass is 9.84. The van der Waals surface area contributed by atoms with Gasteiger partial charge in [-0.05, 0) is 87.0 Å². The summed E-state index contributed by atoms with van der Waals surface area (Å²) in [5, 5.41) is 3.33. The number of hydrogen-bond donors (Lipinski definition) is 1. The van der Waals surface area contributed by atoms with E-state index in [1.165, 1.54) is 30.4 Å². The van der Waals surface area contributed by atoms with Crippen LogP contribution in [0, 0.1) is 5.92 Å². The van der Waals surface area contributed by atoms with Crippen LogP contribution in [0.3, 0.4) is 0 Å². The predicted molar refractivity (Wildman–Crippen MR) is 176 cm³/mol. The van der Waals surface area contributed by atoms with Crippen molar-refractivity contribution in [2.24, 2.45) is 5.92 Å². The zero-order valence-electron chi connectivity index (χ0n) is 26.8. The van der Waals surface area contributed by atoms with Gasteiger partial charge < -0.3 is 34.4 Å². The first-order valence-corrected chi connectivity index (χ1v) is 16.7. The Kier molecular flexibility index (Phi) is 10.4. The van der Waals surface area contributed by atoms with Crippen LogP contribution in [0.4, 0.5) is 16.4 Å². The van der Waals surface area contributed by atoms with Crippen LogP contribution in [0.25, 0.3) is 11.1 Å². The highest BCUT2D eigenvalue weighted by atomic mass is 16.5. The number of nitrogens with one attached hydrogen (secondary N) is 1. The molecule has 4 fully saturated rings. The molecule has 0 radical (unpaired) electrons. The van der Waals surface area contributed by atoms with Crippen molar-refractivity contribution in [3.8, 4) is 16.9 Å². The Balaban J connectivity index is 0.985. The Bertz CT molecular complexity index is 1200. The number of methoxy groups -OCH3 is 1. The highest BCUT2D eigenvalue weighted by molar-refractivity contribution is 5.74. The first kappa shape index (κ1) is 30.9. The molecule has 10 heteroatoms. The van der Waals surface area contributed by atoms with Gasteiger partial charge >= 0.3 is 6.03 Å². The second-order valence-corrected chi connectivity index (χ2v) is 13.0. The second-order valence-electron chi connectivity index (χ2n) is 13.0. The van der Waals surface area contributed by atoms with E-state index in [1.807, 2.05) is 17.0 Å². The summed E-state index contributed by atoms with van der Waals surface area (Å²) in [6.07, 6.45) is 5.92. The van der Waals surface area contributed by atoms with Gasteiger partial charge in [0.15, 0.2) is 0 Å². The molecule has 1 aliphatic carbocycles. The van der Waals surface area contributed by atoms with Gasteiger partial charge in [-0.1, -0.05) is 12.1 Å². The van der Waals surface area contributed by atoms with Crippen molar-refractivity contribution in [2.45, 2.75) is 38.1 Å². The smallest absolute Gasteiger partial charge is 0.317 e. The SMILES string of the molecule is COc1ccc(-c2cc(N3CCOCC3)nc(N3CCN(CC[C@H]4CC[C@H](NC(=O)N5CCN(C)CC5)CC4)CC3)c2)cc1. The van der Waals surface area contributed by atoms with Crippen LogP contribution < -0.4 is 19.9 Å². The van der Waals surface area contributed by atoms with Crippen LogP contribution >= 0.6 is 0 Å². The molecule has 2 aromatic rings. The molecule has 0 spiro atoms. The number of hydrogen-bond acceptors (Lipinski definition) is 8. The number of urea groups is 1. The minimum atomic E-state index is 0.139. The molecule has 1 N–H and O–H groups in total. The molecule has 44 heavy (non-hydrogen) atoms. The Hall–Kier alpha value is -3.08. The Morgan fingerprint density at radius 2 is 1.48 bits per heavy atom. The number of benzene rings is 1. The molecule has 4 heterocycles. The lowest BCUT2D eigenvalue weighted by molar-refractivity contribution is 0.122. The maximum absolute atomic E-state index is 12.7. The van der Waals surface area contributed by atoms with Crippen molar-refractivity contribution in [1.29, 1.82) is 0 Å². The molecule has 1 aromatic carbocycles. The third kappa shape index (κ3) is 7.95. The third-order valence-corrected chi connectivity index (χ3v) is 10.1. The summed E-state index contributed by atoms with van der Waals surface area (Å²) in [6, 6.07) is 13.3. The lowest BCUT2D eigenvalue weighted by Gasteiger charge is -2.38. The van der Waals surface area contributed by atoms with Gasteiger partial charge in [-0.15, -0.1) is 0 Å². The number of carbonyl (C=O) groups excluding carboxylic acids is 1. The van der Waals surface area contributed by atoms with Crippen molar-refractivity contribution in [2.75, 3.05) is 109 Å². The van der Waals surface area contributed by atoms with Crippen molar-refractivity contribution in [3.63, 3.8) is 0 Å². The molecule has 0 atom stereocenters. The average Bonchev–Trinajstić information content (AvgIpc) is 3.08. The minimum absolute atomic E-state index is 0.139. The molecule has 10 nitrogen and oxygen atoms in total. The molecule has 2 amide bonds. The number of ether oxygens (including phenoxy) is 2. The Morgan fingerprint density at radius 3 is 2.11 bits per heavy atom. The number of aromatic nitrogens is 1. The van der Waals surface area contributed by atoms with Crippen molar-refractivity contribution in [1.82, 2.24) is 25.0 Å². The fourth-order valence-corrected chi connectivity index (χ4v) is 7.00. The summed E-state index contributed by atoms with van der Waals surface area (Å²) in [5.41, 5.74) is 2.37. The van der Waals surface area contributed by atoms with E-state index in [1.54, 1.807) is 7.11 Å². The molecule has 0 unspecified atom stereocenters. The zero-order chi connectivity index (χ0) is 30.3. The van der Waals surface area contributed by atoms with Crippen molar-refractivity contribution < 1.29 is 14.3 Å². The number of nitrogens with zero attached hydrogens (tertiary/aromatic N) is 6. The fraction of sp³-hybridized carbons (Fsp3) is 0.647. The summed E-state index contributed by atoms with van der Waals surface area (Å²) in [4.78, 5) is 29.6. The quantitative estimate of drug-likeness (QED) is 0.489. The van der Waals surface area contributed by atoms with E-state index in [4.69, 9.17) is 14.5 Å². The number of piperazine rings is 2. The monoisotopic (exact) mass is 605 g/mol. The largest absolute Gasteiger partial charge is 0.497 e. The molecule has 1 saturated carbocycles. The average molecular weight is 606 g/mol. The predicted octanol–water partition coefficient (Wildman–Crippen LogP) is 3.62. The minimum Gasteiger partial charge on any atom is -0.497 e. The van der Waals surface area contributed by atoms with E-state index in [0.29, 0.717) is 6.04 Å². The maximum atomic E-state index is 12.7. The van der Waals surface area contributed by atoms with E-state index in [-0.39, 0.29) is 6.03 Å². The molecular weight excluding hydrogens is 554 g/mol. The standard InChI is InChI=1S/C34H51N7O3/c1-37-13-17-41(18-14-37)34(42)35-30-7-3-27(4-8-30)11-12-38-15-19-39(20-16-38)32-25-29(28-5-9-31(43-2)10-6-28)26-33(36-32)40-21-23-44-24-22-40/h5-6,9-10,25-27,30H,3-4,7-8,11-24H2,1-2H3,(H,35,42)/t27-,30-. The summed E-state index contributed by atoms with van der Waals surface area (Å²) >= 11 is 0. The molecule has 3 saturated heterocycles. The van der Waals surface area contributed by atoms with Gasteiger partial charge in [-0.3, -0.25) is 4.90 Å². The fourth-order valence-electron chi connectivity index (χ4n) is 7.00. The molecule has 6 rings (SSSR count). The van der Waals surface area contributed by atoms with Gasteiger partial charge in [-0.2, -0.15) is 0 Å². The van der Waals surface area contributed by atoms with Crippen LogP contribution in [0.2, 0.25) is 0 Å². The van der Waals surface area contributed by atoms with Crippen molar-refractivity contribution in [3.05, 3.63) is 36.4 Å². The summed E-state index contributed by atoms with van der Waals surface area (Å²) in [7, 11) is 3.83. The normalized spacial score (nSPS) is 23.9. The van der Waals surface area contributed by atoms with E-state index in [9.17, 15) is 4.79 Å². The second kappa shape index (κ2) is 14.8. The van der Waals surface area contributed by atoms with Crippen LogP contribution in [-0.2, 0) is 4.74 Å². The highest BCUT2D eigenvalue weighted by Gasteiger charge is 2.27. The summed E-state index contributed by atoms with van der Waals surface area (Å²) in [5.74, 6) is 3.74. The molecule has 0 bridgehead atoms. The number of likely N-dealkylation sites (N-methyl/N-ethyl adjacent to an activating group) is 1. The molecule has 3 aliphatic heterocycles. The topological polar surface area (TPSA) is 76.7 Å². The summed E-state index contributed by atoms with van der Waals surface area (Å²) in [6.45, 7) is 12.1. The van der Waals surface area contributed by atoms with E-state index >= 15 is 0 Å². The van der Waals surface area contributed by atoms with Crippen LogP contribution in [-0.4, -0.2) is 131 Å². The zero-order valence-corrected chi connectivity index (χ0v) is 26.8. The van der Waals surface area contributed by atoms with Crippen molar-refractivity contribution >= 4 is 17.7 Å². The first-order chi connectivity index (χ1) is 21.5. The van der Waals surface area contributed by atoms with Gasteiger partial charge in [0.1, 0.15) is 17.4 Å². The van der Waals surface area contributed by atoms with Gasteiger partial charge in [0.05, 0.1) is 20.3 Å². The number of pyridine rings is 1. The number of carbonyl (C=O) groups is 1. The molecule has 4 aliphatic rings. The van der Waals surface area contributed by atoms with Gasteiger partial charge in [0.2, 0.25) is 0 Å². The van der Waals surface area contributed by atoms with E-state index in [0.717, 1.165) is 121 Å². The highest BCUT2D eigenvalue weighted by Crippen LogP contribution is 2.31. The van der Waals surface area contributed by atoms with Gasteiger partial charge in [0, 0.05) is 71.5 Å². The van der Waals surface area contributed by atoms with Crippen LogP contribution in [0.15, 0.2) is 36.4 Å². The number of amides is 2. The number of rotatable bonds is 8. The van der Waals surface area contributed by atoms with Crippen LogP contribution in [0.5, 0.6) is 5.75 Å². The lowest BCUT2D eigenvalue weighted by Crippen LogP contribution is -2.53. The maximum Gasteiger partial charge on any atom is 0.317 e. The summed E-state index contributed by atoms with van der Waals surface area (Å²) < 4.78 is 11.0. The van der Waals surface area contributed by atoms with Gasteiger partial charge in [-0.25, -0.2) is 9.78 Å². The van der Waals surface area contributed by atoms with Gasteiger partial charge in [0.25, 0.3) is 0 Å². The van der Waals surface area contributed by atoms with E-state index < -0.39 is 0 Å². The third-order valence-electron chi connectivity index (χ3n) is 10.1. The molecule has 1 aromatic heterocycles. The number of morpholine rings is 1. The Labute approximate surface area is 263 Å². The first-order valence-electron chi connectivity index (χ1n) is 16.7. The van der Waals surface area contributed by atoms with Crippen LogP contribution in [0.1, 0.15) is 32.1 Å². The number of anilines is 2. The van der Waals surface area contributed by atoms with E-state index in [2.05, 4.69) is 56.2 Å².